The number of nitrogens with two attached hydrogens (primary N) is 1. The Kier molecular flexibility index (Phi) is 4.98. The minimum atomic E-state index is -3.96. The number of hydrogen-bond donors (Lipinski definition) is 2. The van der Waals surface area contributed by atoms with Gasteiger partial charge in [-0.2, -0.15) is 0 Å². The van der Waals surface area contributed by atoms with Gasteiger partial charge in [0.2, 0.25) is 0 Å². The van der Waals surface area contributed by atoms with Crippen LogP contribution in [-0.4, -0.2) is 48.0 Å². The van der Waals surface area contributed by atoms with E-state index in [2.05, 4.69) is 4.52 Å². The highest BCUT2D eigenvalue weighted by molar-refractivity contribution is 7.50. The summed E-state index contributed by atoms with van der Waals surface area (Å²) in [5.74, 6) is -0.756. The number of rotatable bonds is 7. The van der Waals surface area contributed by atoms with Gasteiger partial charge in [-0.15, -0.1) is 0 Å². The van der Waals surface area contributed by atoms with E-state index in [4.69, 9.17) is 15.1 Å². The molecule has 0 saturated carbocycles. The van der Waals surface area contributed by atoms with Crippen LogP contribution in [0.5, 0.6) is 0 Å². The summed E-state index contributed by atoms with van der Waals surface area (Å²) in [6, 6.07) is 0. The molecule has 1 unspecified atom stereocenters. The summed E-state index contributed by atoms with van der Waals surface area (Å²) >= 11 is 0. The quantitative estimate of drug-likeness (QED) is 0.344. The molecule has 2 amide bonds. The fourth-order valence-corrected chi connectivity index (χ4v) is 1.47. The molecule has 1 atom stereocenters. The van der Waals surface area contributed by atoms with Crippen molar-refractivity contribution in [2.24, 2.45) is 5.50 Å². The second kappa shape index (κ2) is 6.04. The average Bonchev–Trinajstić information content (AvgIpc) is 2.52. The van der Waals surface area contributed by atoms with Crippen LogP contribution in [0.15, 0.2) is 12.2 Å². The number of carbonyl (C=O) groups is 2. The normalized spacial score (nSPS) is 18.8. The van der Waals surface area contributed by atoms with Crippen molar-refractivity contribution in [2.75, 3.05) is 26.4 Å². The third-order valence-electron chi connectivity index (χ3n) is 1.86. The number of hydrogen-bond acceptors (Lipinski definition) is 5. The third-order valence-corrected chi connectivity index (χ3v) is 2.42. The second-order valence-corrected chi connectivity index (χ2v) is 4.56. The molecule has 0 aromatic rings. The lowest BCUT2D eigenvalue weighted by Gasteiger charge is -2.13. The number of nitrogens with zero attached hydrogens (tertiary/aromatic N) is 1. The van der Waals surface area contributed by atoms with E-state index in [0.717, 1.165) is 4.90 Å². The van der Waals surface area contributed by atoms with Gasteiger partial charge in [0.05, 0.1) is 26.4 Å². The lowest BCUT2D eigenvalue weighted by Crippen LogP contribution is -2.33. The van der Waals surface area contributed by atoms with Crippen molar-refractivity contribution in [3.05, 3.63) is 12.2 Å². The summed E-state index contributed by atoms with van der Waals surface area (Å²) < 4.78 is 19.8. The first-order valence-electron chi connectivity index (χ1n) is 4.77. The Balaban J connectivity index is 2.07. The highest BCUT2D eigenvalue weighted by Gasteiger charge is 2.22. The molecule has 0 spiro atoms. The second-order valence-electron chi connectivity index (χ2n) is 3.17. The Hall–Kier alpha value is -1.05. The van der Waals surface area contributed by atoms with Crippen molar-refractivity contribution in [2.45, 2.75) is 0 Å². The fraction of sp³-hybridized carbons (Fsp3) is 0.500. The van der Waals surface area contributed by atoms with Gasteiger partial charge in [0.25, 0.3) is 11.8 Å². The van der Waals surface area contributed by atoms with E-state index in [9.17, 15) is 14.2 Å². The summed E-state index contributed by atoms with van der Waals surface area (Å²) in [4.78, 5) is 31.8. The zero-order chi connectivity index (χ0) is 12.9. The van der Waals surface area contributed by atoms with Gasteiger partial charge in [0.1, 0.15) is 0 Å². The van der Waals surface area contributed by atoms with Crippen molar-refractivity contribution < 1.29 is 28.3 Å². The third kappa shape index (κ3) is 5.20. The van der Waals surface area contributed by atoms with Crippen LogP contribution in [-0.2, 0) is 23.4 Å². The Morgan fingerprint density at radius 1 is 1.24 bits per heavy atom. The number of ether oxygens (including phenoxy) is 1. The molecule has 1 aliphatic rings. The Labute approximate surface area is 97.6 Å². The molecule has 1 rings (SSSR count). The van der Waals surface area contributed by atoms with Crippen LogP contribution < -0.4 is 5.50 Å². The highest BCUT2D eigenvalue weighted by Crippen LogP contribution is 2.30. The zero-order valence-corrected chi connectivity index (χ0v) is 9.84. The maximum Gasteiger partial charge on any atom is 0.400 e. The van der Waals surface area contributed by atoms with Crippen LogP contribution >= 0.6 is 7.75 Å². The molecular weight excluding hydrogens is 251 g/mol. The van der Waals surface area contributed by atoms with Crippen LogP contribution in [0.25, 0.3) is 0 Å². The van der Waals surface area contributed by atoms with Gasteiger partial charge >= 0.3 is 7.75 Å². The standard InChI is InChI=1S/C8H13N2O6P/c9-17(13,14)16-6-5-15-4-3-10-7(11)1-2-8(10)12/h1-2H,3-6H2,(H3,9,13,14). The van der Waals surface area contributed by atoms with E-state index in [1.165, 1.54) is 12.2 Å². The lowest BCUT2D eigenvalue weighted by molar-refractivity contribution is -0.137. The molecule has 17 heavy (non-hydrogen) atoms. The van der Waals surface area contributed by atoms with Crippen molar-refractivity contribution in [1.29, 1.82) is 0 Å². The van der Waals surface area contributed by atoms with Gasteiger partial charge < -0.3 is 9.63 Å². The Bertz CT molecular complexity index is 358. The predicted octanol–water partition coefficient (Wildman–Crippen LogP) is -0.996. The summed E-state index contributed by atoms with van der Waals surface area (Å²) in [7, 11) is -3.96. The van der Waals surface area contributed by atoms with E-state index < -0.39 is 7.75 Å². The molecule has 3 N–H and O–H groups in total. The van der Waals surface area contributed by atoms with E-state index in [0.29, 0.717) is 0 Å². The van der Waals surface area contributed by atoms with Crippen LogP contribution in [0.2, 0.25) is 0 Å². The first kappa shape index (κ1) is 14.0. The van der Waals surface area contributed by atoms with Crippen molar-refractivity contribution in [1.82, 2.24) is 4.90 Å². The van der Waals surface area contributed by atoms with Crippen LogP contribution in [0, 0.1) is 0 Å². The molecule has 0 fully saturated rings. The molecule has 1 heterocycles. The topological polar surface area (TPSA) is 119 Å². The van der Waals surface area contributed by atoms with Gasteiger partial charge in [-0.25, -0.2) is 10.1 Å². The molecule has 1 aliphatic heterocycles. The molecular formula is C8H13N2O6P. The molecule has 0 aromatic heterocycles. The van der Waals surface area contributed by atoms with Crippen LogP contribution in [0.3, 0.4) is 0 Å². The summed E-state index contributed by atoms with van der Waals surface area (Å²) in [6.07, 6.45) is 2.36. The molecule has 9 heteroatoms. The highest BCUT2D eigenvalue weighted by atomic mass is 31.2. The first-order valence-corrected chi connectivity index (χ1v) is 6.42. The average molecular weight is 264 g/mol. The summed E-state index contributed by atoms with van der Waals surface area (Å²) in [5, 5.41) is 0. The molecule has 0 bridgehead atoms. The maximum absolute atomic E-state index is 11.1. The van der Waals surface area contributed by atoms with Crippen LogP contribution in [0.4, 0.5) is 0 Å². The van der Waals surface area contributed by atoms with Crippen molar-refractivity contribution in [3.63, 3.8) is 0 Å². The fourth-order valence-electron chi connectivity index (χ4n) is 1.14. The number of imide groups is 1. The number of carbonyl (C=O) groups excluding carboxylic acids is 2. The molecule has 0 radical (unpaired) electrons. The minimum Gasteiger partial charge on any atom is -0.377 e. The van der Waals surface area contributed by atoms with E-state index in [1.54, 1.807) is 0 Å². The van der Waals surface area contributed by atoms with E-state index >= 15 is 0 Å². The SMILES string of the molecule is NP(=O)(O)OCCOCCN1C(=O)C=CC1=O. The van der Waals surface area contributed by atoms with Gasteiger partial charge in [0, 0.05) is 12.2 Å². The molecule has 0 aromatic carbocycles. The van der Waals surface area contributed by atoms with E-state index in [-0.39, 0.29) is 38.2 Å². The largest absolute Gasteiger partial charge is 0.400 e. The molecule has 96 valence electrons. The van der Waals surface area contributed by atoms with Crippen molar-refractivity contribution >= 4 is 19.6 Å². The van der Waals surface area contributed by atoms with Crippen molar-refractivity contribution in [3.8, 4) is 0 Å². The zero-order valence-electron chi connectivity index (χ0n) is 8.94. The minimum absolute atomic E-state index is 0.0470. The Morgan fingerprint density at radius 2 is 1.82 bits per heavy atom. The molecule has 0 saturated heterocycles. The predicted molar refractivity (Wildman–Crippen MR) is 56.6 cm³/mol. The van der Waals surface area contributed by atoms with Gasteiger partial charge in [-0.3, -0.25) is 19.0 Å². The summed E-state index contributed by atoms with van der Waals surface area (Å²) in [6.45, 7) is 0.169. The lowest BCUT2D eigenvalue weighted by atomic mass is 10.5. The Morgan fingerprint density at radius 3 is 2.35 bits per heavy atom. The van der Waals surface area contributed by atoms with Gasteiger partial charge in [-0.1, -0.05) is 0 Å². The monoisotopic (exact) mass is 264 g/mol. The van der Waals surface area contributed by atoms with Crippen LogP contribution in [0.1, 0.15) is 0 Å². The van der Waals surface area contributed by atoms with Gasteiger partial charge in [-0.05, 0) is 0 Å². The molecule has 8 nitrogen and oxygen atoms in total. The number of amides is 2. The summed E-state index contributed by atoms with van der Waals surface area (Å²) in [5.41, 5.74) is 4.71. The van der Waals surface area contributed by atoms with E-state index in [1.807, 2.05) is 0 Å². The van der Waals surface area contributed by atoms with Gasteiger partial charge in [0.15, 0.2) is 0 Å². The smallest absolute Gasteiger partial charge is 0.377 e. The first-order chi connectivity index (χ1) is 7.90. The maximum atomic E-state index is 11.1. The molecule has 0 aliphatic carbocycles.